The molecule has 1 fully saturated rings. The first-order valence-electron chi connectivity index (χ1n) is 5.51. The SMILES string of the molecule is CC(=O)N1CCCC(C(C)CCO)C1. The lowest BCUT2D eigenvalue weighted by Crippen LogP contribution is -2.40. The molecule has 1 amide bonds. The second kappa shape index (κ2) is 5.35. The molecule has 1 aliphatic rings. The van der Waals surface area contributed by atoms with Crippen molar-refractivity contribution in [3.63, 3.8) is 0 Å². The molecule has 0 aromatic heterocycles. The van der Waals surface area contributed by atoms with Crippen molar-refractivity contribution < 1.29 is 9.90 Å². The number of amides is 1. The topological polar surface area (TPSA) is 40.5 Å². The fourth-order valence-electron chi connectivity index (χ4n) is 2.20. The van der Waals surface area contributed by atoms with Gasteiger partial charge in [0.2, 0.25) is 5.91 Å². The zero-order valence-electron chi connectivity index (χ0n) is 9.20. The van der Waals surface area contributed by atoms with Gasteiger partial charge in [0.15, 0.2) is 0 Å². The molecular weight excluding hydrogens is 178 g/mol. The summed E-state index contributed by atoms with van der Waals surface area (Å²) in [5.41, 5.74) is 0. The fraction of sp³-hybridized carbons (Fsp3) is 0.909. The second-order valence-corrected chi connectivity index (χ2v) is 4.36. The molecule has 1 aliphatic heterocycles. The molecule has 0 saturated carbocycles. The molecule has 0 bridgehead atoms. The molecule has 1 N–H and O–H groups in total. The molecule has 14 heavy (non-hydrogen) atoms. The number of hydrogen-bond donors (Lipinski definition) is 1. The van der Waals surface area contributed by atoms with E-state index in [0.717, 1.165) is 25.9 Å². The van der Waals surface area contributed by atoms with E-state index >= 15 is 0 Å². The highest BCUT2D eigenvalue weighted by atomic mass is 16.3. The normalized spacial score (nSPS) is 24.8. The summed E-state index contributed by atoms with van der Waals surface area (Å²) in [7, 11) is 0. The molecule has 2 unspecified atom stereocenters. The van der Waals surface area contributed by atoms with Crippen LogP contribution in [-0.2, 0) is 4.79 Å². The van der Waals surface area contributed by atoms with E-state index in [1.54, 1.807) is 6.92 Å². The Morgan fingerprint density at radius 1 is 1.64 bits per heavy atom. The zero-order chi connectivity index (χ0) is 10.6. The second-order valence-electron chi connectivity index (χ2n) is 4.36. The smallest absolute Gasteiger partial charge is 0.219 e. The average Bonchev–Trinajstić information content (AvgIpc) is 2.18. The van der Waals surface area contributed by atoms with E-state index in [1.165, 1.54) is 6.42 Å². The van der Waals surface area contributed by atoms with Gasteiger partial charge in [-0.2, -0.15) is 0 Å². The third kappa shape index (κ3) is 2.98. The summed E-state index contributed by atoms with van der Waals surface area (Å²) in [5.74, 6) is 1.30. The van der Waals surface area contributed by atoms with Crippen LogP contribution < -0.4 is 0 Å². The van der Waals surface area contributed by atoms with E-state index in [-0.39, 0.29) is 12.5 Å². The molecule has 0 radical (unpaired) electrons. The Balaban J connectivity index is 2.43. The number of nitrogens with zero attached hydrogens (tertiary/aromatic N) is 1. The number of aliphatic hydroxyl groups excluding tert-OH is 1. The molecule has 1 rings (SSSR count). The lowest BCUT2D eigenvalue weighted by Gasteiger charge is -2.35. The largest absolute Gasteiger partial charge is 0.396 e. The van der Waals surface area contributed by atoms with Crippen molar-refractivity contribution in [3.8, 4) is 0 Å². The summed E-state index contributed by atoms with van der Waals surface area (Å²) in [5, 5.41) is 8.86. The summed E-state index contributed by atoms with van der Waals surface area (Å²) in [6, 6.07) is 0. The van der Waals surface area contributed by atoms with Gasteiger partial charge in [0.1, 0.15) is 0 Å². The number of likely N-dealkylation sites (tertiary alicyclic amines) is 1. The maximum Gasteiger partial charge on any atom is 0.219 e. The predicted molar refractivity (Wildman–Crippen MR) is 55.8 cm³/mol. The number of aliphatic hydroxyl groups is 1. The van der Waals surface area contributed by atoms with Crippen LogP contribution in [0.4, 0.5) is 0 Å². The molecule has 1 saturated heterocycles. The molecule has 3 nitrogen and oxygen atoms in total. The maximum atomic E-state index is 11.2. The summed E-state index contributed by atoms with van der Waals surface area (Å²) in [6.07, 6.45) is 3.17. The number of hydrogen-bond acceptors (Lipinski definition) is 2. The Labute approximate surface area is 86.1 Å². The van der Waals surface area contributed by atoms with Crippen molar-refractivity contribution in [2.24, 2.45) is 11.8 Å². The Morgan fingerprint density at radius 3 is 2.93 bits per heavy atom. The molecule has 2 atom stereocenters. The minimum atomic E-state index is 0.186. The predicted octanol–water partition coefficient (Wildman–Crippen LogP) is 1.26. The highest BCUT2D eigenvalue weighted by molar-refractivity contribution is 5.73. The monoisotopic (exact) mass is 199 g/mol. The summed E-state index contributed by atoms with van der Waals surface area (Å²) in [6.45, 7) is 5.87. The third-order valence-corrected chi connectivity index (χ3v) is 3.29. The van der Waals surface area contributed by atoms with E-state index < -0.39 is 0 Å². The van der Waals surface area contributed by atoms with Gasteiger partial charge in [0.05, 0.1) is 0 Å². The van der Waals surface area contributed by atoms with Crippen LogP contribution in [0.25, 0.3) is 0 Å². The quantitative estimate of drug-likeness (QED) is 0.743. The first kappa shape index (κ1) is 11.5. The fourth-order valence-corrected chi connectivity index (χ4v) is 2.20. The van der Waals surface area contributed by atoms with Crippen LogP contribution in [-0.4, -0.2) is 35.6 Å². The molecule has 0 aliphatic carbocycles. The number of carbonyl (C=O) groups is 1. The van der Waals surface area contributed by atoms with E-state index in [2.05, 4.69) is 6.92 Å². The summed E-state index contributed by atoms with van der Waals surface area (Å²) < 4.78 is 0. The molecule has 82 valence electrons. The highest BCUT2D eigenvalue weighted by Crippen LogP contribution is 2.25. The van der Waals surface area contributed by atoms with Crippen LogP contribution in [0, 0.1) is 11.8 Å². The zero-order valence-corrected chi connectivity index (χ0v) is 9.20. The molecule has 1 heterocycles. The minimum absolute atomic E-state index is 0.186. The Morgan fingerprint density at radius 2 is 2.36 bits per heavy atom. The van der Waals surface area contributed by atoms with E-state index in [1.807, 2.05) is 4.90 Å². The van der Waals surface area contributed by atoms with Gasteiger partial charge < -0.3 is 10.0 Å². The van der Waals surface area contributed by atoms with Crippen molar-refractivity contribution in [2.75, 3.05) is 19.7 Å². The molecule has 0 aromatic carbocycles. The van der Waals surface area contributed by atoms with Gasteiger partial charge in [0.25, 0.3) is 0 Å². The Hall–Kier alpha value is -0.570. The van der Waals surface area contributed by atoms with E-state index in [9.17, 15) is 4.79 Å². The number of piperidine rings is 1. The van der Waals surface area contributed by atoms with E-state index in [4.69, 9.17) is 5.11 Å². The highest BCUT2D eigenvalue weighted by Gasteiger charge is 2.25. The van der Waals surface area contributed by atoms with Crippen LogP contribution >= 0.6 is 0 Å². The van der Waals surface area contributed by atoms with Crippen LogP contribution in [0.1, 0.15) is 33.1 Å². The Bertz CT molecular complexity index is 194. The van der Waals surface area contributed by atoms with Gasteiger partial charge in [0, 0.05) is 26.6 Å². The van der Waals surface area contributed by atoms with Crippen LogP contribution in [0.15, 0.2) is 0 Å². The number of rotatable bonds is 3. The van der Waals surface area contributed by atoms with Crippen molar-refractivity contribution in [2.45, 2.75) is 33.1 Å². The van der Waals surface area contributed by atoms with Gasteiger partial charge in [-0.25, -0.2) is 0 Å². The lowest BCUT2D eigenvalue weighted by atomic mass is 9.85. The van der Waals surface area contributed by atoms with Gasteiger partial charge in [-0.15, -0.1) is 0 Å². The summed E-state index contributed by atoms with van der Waals surface area (Å²) >= 11 is 0. The average molecular weight is 199 g/mol. The standard InChI is InChI=1S/C11H21NO2/c1-9(5-7-13)11-4-3-6-12(8-11)10(2)14/h9,11,13H,3-8H2,1-2H3. The molecule has 3 heteroatoms. The van der Waals surface area contributed by atoms with Crippen LogP contribution in [0.3, 0.4) is 0 Å². The van der Waals surface area contributed by atoms with Crippen LogP contribution in [0.5, 0.6) is 0 Å². The van der Waals surface area contributed by atoms with Gasteiger partial charge in [-0.05, 0) is 31.1 Å². The molecular formula is C11H21NO2. The van der Waals surface area contributed by atoms with Gasteiger partial charge in [-0.3, -0.25) is 4.79 Å². The first-order chi connectivity index (χ1) is 6.65. The molecule has 0 aromatic rings. The third-order valence-electron chi connectivity index (χ3n) is 3.29. The lowest BCUT2D eigenvalue weighted by molar-refractivity contribution is -0.131. The van der Waals surface area contributed by atoms with Gasteiger partial charge in [-0.1, -0.05) is 6.92 Å². The first-order valence-corrected chi connectivity index (χ1v) is 5.51. The van der Waals surface area contributed by atoms with Crippen molar-refractivity contribution in [1.82, 2.24) is 4.90 Å². The van der Waals surface area contributed by atoms with Crippen molar-refractivity contribution >= 4 is 5.91 Å². The van der Waals surface area contributed by atoms with E-state index in [0.29, 0.717) is 11.8 Å². The Kier molecular flexibility index (Phi) is 4.39. The van der Waals surface area contributed by atoms with Crippen molar-refractivity contribution in [3.05, 3.63) is 0 Å². The van der Waals surface area contributed by atoms with Crippen LogP contribution in [0.2, 0.25) is 0 Å². The number of carbonyl (C=O) groups excluding carboxylic acids is 1. The minimum Gasteiger partial charge on any atom is -0.396 e. The van der Waals surface area contributed by atoms with Gasteiger partial charge >= 0.3 is 0 Å². The maximum absolute atomic E-state index is 11.2. The summed E-state index contributed by atoms with van der Waals surface area (Å²) in [4.78, 5) is 13.1. The van der Waals surface area contributed by atoms with Crippen molar-refractivity contribution in [1.29, 1.82) is 0 Å². The molecule has 0 spiro atoms.